The molecule has 0 spiro atoms. The second kappa shape index (κ2) is 5.37. The van der Waals surface area contributed by atoms with Crippen LogP contribution in [0.1, 0.15) is 24.0 Å². The van der Waals surface area contributed by atoms with Gasteiger partial charge in [-0.1, -0.05) is 10.2 Å². The van der Waals surface area contributed by atoms with Crippen LogP contribution in [0.25, 0.3) is 0 Å². The van der Waals surface area contributed by atoms with E-state index in [1.165, 1.54) is 0 Å². The molecule has 1 amide bonds. The number of carbonyl (C=O) groups excluding carboxylic acids is 2. The lowest BCUT2D eigenvalue weighted by Crippen LogP contribution is -2.27. The van der Waals surface area contributed by atoms with Crippen molar-refractivity contribution in [1.82, 2.24) is 10.2 Å². The van der Waals surface area contributed by atoms with Crippen molar-refractivity contribution in [2.24, 2.45) is 0 Å². The summed E-state index contributed by atoms with van der Waals surface area (Å²) in [5.41, 5.74) is 0. The van der Waals surface area contributed by atoms with E-state index in [-0.39, 0.29) is 25.6 Å². The molecule has 9 nitrogen and oxygen atoms in total. The fraction of sp³-hybridized carbons (Fsp3) is 0.556. The summed E-state index contributed by atoms with van der Waals surface area (Å²) in [5.74, 6) is -1.76. The number of carbonyl (C=O) groups is 2. The molecule has 1 aromatic heterocycles. The molecule has 0 aliphatic carbocycles. The van der Waals surface area contributed by atoms with E-state index >= 15 is 0 Å². The maximum Gasteiger partial charge on any atom is 0.396 e. The van der Waals surface area contributed by atoms with Crippen molar-refractivity contribution >= 4 is 37.6 Å². The van der Waals surface area contributed by atoms with E-state index in [2.05, 4.69) is 14.9 Å². The molecule has 1 fully saturated rings. The van der Waals surface area contributed by atoms with E-state index in [1.807, 2.05) is 0 Å². The number of anilines is 1. The number of rotatable bonds is 4. The van der Waals surface area contributed by atoms with Crippen molar-refractivity contribution in [1.29, 1.82) is 0 Å². The van der Waals surface area contributed by atoms with Crippen LogP contribution in [-0.4, -0.2) is 48.9 Å². The predicted molar refractivity (Wildman–Crippen MR) is 65.8 cm³/mol. The Hall–Kier alpha value is -1.68. The molecule has 110 valence electrons. The predicted octanol–water partition coefficient (Wildman–Crippen LogP) is -0.0798. The highest BCUT2D eigenvalue weighted by molar-refractivity contribution is 8.14. The van der Waals surface area contributed by atoms with Crippen molar-refractivity contribution in [2.75, 3.05) is 18.1 Å². The third kappa shape index (κ3) is 2.90. The van der Waals surface area contributed by atoms with Gasteiger partial charge < -0.3 is 9.15 Å². The van der Waals surface area contributed by atoms with E-state index in [0.29, 0.717) is 0 Å². The van der Waals surface area contributed by atoms with Crippen molar-refractivity contribution < 1.29 is 27.2 Å². The quantitative estimate of drug-likeness (QED) is 0.557. The first-order chi connectivity index (χ1) is 9.32. The summed E-state index contributed by atoms with van der Waals surface area (Å²) in [7, 11) is 1.34. The third-order valence-corrected chi connectivity index (χ3v) is 4.45. The van der Waals surface area contributed by atoms with Crippen molar-refractivity contribution in [2.45, 2.75) is 18.6 Å². The van der Waals surface area contributed by atoms with Crippen LogP contribution in [-0.2, 0) is 18.6 Å². The van der Waals surface area contributed by atoms with Crippen LogP contribution in [0.4, 0.5) is 6.01 Å². The number of aromatic nitrogens is 2. The number of halogens is 1. The molecule has 1 aromatic rings. The van der Waals surface area contributed by atoms with Gasteiger partial charge in [-0.15, -0.1) is 0 Å². The van der Waals surface area contributed by atoms with Gasteiger partial charge >= 0.3 is 17.9 Å². The Bertz CT molecular complexity index is 642. The number of amides is 1. The molecule has 11 heteroatoms. The molecule has 1 aliphatic rings. The maximum atomic E-state index is 11.7. The average molecular weight is 324 g/mol. The topological polar surface area (TPSA) is 120 Å². The number of hydrogen-bond acceptors (Lipinski definition) is 8. The molecule has 1 saturated heterocycles. The molecule has 1 aliphatic heterocycles. The molecule has 0 saturated carbocycles. The van der Waals surface area contributed by atoms with Gasteiger partial charge in [-0.25, -0.2) is 13.2 Å². The highest BCUT2D eigenvalue weighted by Gasteiger charge is 2.40. The summed E-state index contributed by atoms with van der Waals surface area (Å²) in [5, 5.41) is 5.90. The molecule has 1 unspecified atom stereocenters. The van der Waals surface area contributed by atoms with E-state index < -0.39 is 32.1 Å². The molecule has 1 atom stereocenters. The summed E-state index contributed by atoms with van der Waals surface area (Å²) in [6.07, 6.45) is -0.275. The molecule has 20 heavy (non-hydrogen) atoms. The Morgan fingerprint density at radius 2 is 2.25 bits per heavy atom. The monoisotopic (exact) mass is 323 g/mol. The standard InChI is InChI=1S/C9H10ClN3O6S/c1-2-18-8(15)7-11-12-9(19-7)13-4-5(3-6(13)14)20(10,16)17/h5H,2-4H2,1H3. The fourth-order valence-electron chi connectivity index (χ4n) is 1.65. The van der Waals surface area contributed by atoms with Gasteiger partial charge in [0.1, 0.15) is 5.25 Å². The summed E-state index contributed by atoms with van der Waals surface area (Å²) in [6, 6.07) is -0.263. The number of nitrogens with zero attached hydrogens (tertiary/aromatic N) is 3. The number of hydrogen-bond donors (Lipinski definition) is 0. The lowest BCUT2D eigenvalue weighted by Gasteiger charge is -2.09. The van der Waals surface area contributed by atoms with Crippen LogP contribution in [0.5, 0.6) is 0 Å². The average Bonchev–Trinajstić information content (AvgIpc) is 2.94. The van der Waals surface area contributed by atoms with E-state index in [9.17, 15) is 18.0 Å². The summed E-state index contributed by atoms with van der Waals surface area (Å²) in [4.78, 5) is 24.0. The molecular weight excluding hydrogens is 314 g/mol. The smallest absolute Gasteiger partial charge is 0.396 e. The summed E-state index contributed by atoms with van der Waals surface area (Å²) in [6.45, 7) is 1.54. The molecule has 0 N–H and O–H groups in total. The van der Waals surface area contributed by atoms with Gasteiger partial charge in [-0.2, -0.15) is 0 Å². The van der Waals surface area contributed by atoms with Gasteiger partial charge in [0, 0.05) is 23.6 Å². The fourth-order valence-corrected chi connectivity index (χ4v) is 2.67. The second-order valence-electron chi connectivity index (χ2n) is 3.92. The number of esters is 1. The highest BCUT2D eigenvalue weighted by Crippen LogP contribution is 2.25. The van der Waals surface area contributed by atoms with Crippen LogP contribution in [0.15, 0.2) is 4.42 Å². The van der Waals surface area contributed by atoms with Crippen molar-refractivity contribution in [3.8, 4) is 0 Å². The van der Waals surface area contributed by atoms with E-state index in [4.69, 9.17) is 15.1 Å². The lowest BCUT2D eigenvalue weighted by atomic mass is 10.4. The first-order valence-electron chi connectivity index (χ1n) is 5.57. The SMILES string of the molecule is CCOC(=O)c1nnc(N2CC(S(=O)(=O)Cl)CC2=O)o1. The molecule has 0 radical (unpaired) electrons. The van der Waals surface area contributed by atoms with Gasteiger partial charge in [0.15, 0.2) is 0 Å². The van der Waals surface area contributed by atoms with E-state index in [1.54, 1.807) is 6.92 Å². The zero-order chi connectivity index (χ0) is 14.9. The third-order valence-electron chi connectivity index (χ3n) is 2.58. The normalized spacial score (nSPS) is 19.4. The highest BCUT2D eigenvalue weighted by atomic mass is 35.7. The first kappa shape index (κ1) is 14.7. The first-order valence-corrected chi connectivity index (χ1v) is 7.94. The zero-order valence-corrected chi connectivity index (χ0v) is 11.8. The van der Waals surface area contributed by atoms with Gasteiger partial charge in [-0.3, -0.25) is 9.69 Å². The van der Waals surface area contributed by atoms with Crippen LogP contribution in [0.3, 0.4) is 0 Å². The Balaban J connectivity index is 2.17. The molecule has 2 heterocycles. The van der Waals surface area contributed by atoms with E-state index in [0.717, 1.165) is 4.90 Å². The molecular formula is C9H10ClN3O6S. The van der Waals surface area contributed by atoms with Crippen LogP contribution in [0.2, 0.25) is 0 Å². The minimum Gasteiger partial charge on any atom is -0.459 e. The van der Waals surface area contributed by atoms with Gasteiger partial charge in [0.25, 0.3) is 0 Å². The van der Waals surface area contributed by atoms with Gasteiger partial charge in [-0.05, 0) is 6.92 Å². The second-order valence-corrected chi connectivity index (χ2v) is 6.82. The van der Waals surface area contributed by atoms with Gasteiger partial charge in [0.2, 0.25) is 15.0 Å². The van der Waals surface area contributed by atoms with Crippen molar-refractivity contribution in [3.05, 3.63) is 5.89 Å². The Morgan fingerprint density at radius 1 is 1.55 bits per heavy atom. The lowest BCUT2D eigenvalue weighted by molar-refractivity contribution is -0.117. The molecule has 0 aromatic carbocycles. The Labute approximate surface area is 118 Å². The minimum atomic E-state index is -3.87. The Morgan fingerprint density at radius 3 is 2.80 bits per heavy atom. The molecule has 2 rings (SSSR count). The van der Waals surface area contributed by atoms with Crippen LogP contribution >= 0.6 is 10.7 Å². The summed E-state index contributed by atoms with van der Waals surface area (Å²) < 4.78 is 32.0. The van der Waals surface area contributed by atoms with Crippen LogP contribution in [0, 0.1) is 0 Å². The largest absolute Gasteiger partial charge is 0.459 e. The summed E-state index contributed by atoms with van der Waals surface area (Å²) >= 11 is 0. The zero-order valence-electron chi connectivity index (χ0n) is 10.3. The number of ether oxygens (including phenoxy) is 1. The minimum absolute atomic E-state index is 0.131. The maximum absolute atomic E-state index is 11.7. The van der Waals surface area contributed by atoms with Crippen molar-refractivity contribution in [3.63, 3.8) is 0 Å². The van der Waals surface area contributed by atoms with Gasteiger partial charge in [0.05, 0.1) is 6.61 Å². The van der Waals surface area contributed by atoms with Crippen LogP contribution < -0.4 is 4.90 Å². The molecule has 0 bridgehead atoms. The Kier molecular flexibility index (Phi) is 3.95.